The molecule has 0 saturated heterocycles. The van der Waals surface area contributed by atoms with E-state index in [9.17, 15) is 9.90 Å². The molecule has 0 saturated carbocycles. The molecule has 0 aromatic heterocycles. The van der Waals surface area contributed by atoms with Crippen LogP contribution in [0.2, 0.25) is 0 Å². The van der Waals surface area contributed by atoms with Gasteiger partial charge in [-0.1, -0.05) is 0 Å². The molecule has 0 aliphatic heterocycles. The first-order chi connectivity index (χ1) is 8.08. The van der Waals surface area contributed by atoms with Gasteiger partial charge in [-0.15, -0.1) is 11.6 Å². The van der Waals surface area contributed by atoms with E-state index in [2.05, 4.69) is 5.32 Å². The van der Waals surface area contributed by atoms with Crippen molar-refractivity contribution >= 4 is 23.3 Å². The third-order valence-electron chi connectivity index (χ3n) is 2.15. The Bertz CT molecular complexity index is 397. The van der Waals surface area contributed by atoms with Gasteiger partial charge in [-0.05, 0) is 12.1 Å². The third-order valence-corrected chi connectivity index (χ3v) is 2.51. The van der Waals surface area contributed by atoms with Crippen LogP contribution in [0, 0.1) is 0 Å². The molecular weight excluding hydrogens is 246 g/mol. The molecular formula is C11H14ClNO4. The lowest BCUT2D eigenvalue weighted by Gasteiger charge is -2.12. The lowest BCUT2D eigenvalue weighted by Crippen LogP contribution is -2.20. The van der Waals surface area contributed by atoms with E-state index < -0.39 is 12.1 Å². The molecule has 0 fully saturated rings. The highest BCUT2D eigenvalue weighted by molar-refractivity contribution is 6.18. The Morgan fingerprint density at radius 3 is 2.82 bits per heavy atom. The molecule has 0 amide bonds. The standard InChI is InChI=1S/C11H14ClNO4/c1-17-10-4-7(13-6-8(14)5-12)2-3-9(10)11(15)16/h2-4,8,13-14H,5-6H2,1H3,(H,15,16). The normalized spacial score (nSPS) is 11.9. The van der Waals surface area contributed by atoms with E-state index in [-0.39, 0.29) is 17.2 Å². The fraction of sp³-hybridized carbons (Fsp3) is 0.364. The smallest absolute Gasteiger partial charge is 0.339 e. The number of carbonyl (C=O) groups is 1. The zero-order valence-corrected chi connectivity index (χ0v) is 10.1. The summed E-state index contributed by atoms with van der Waals surface area (Å²) in [5.41, 5.74) is 0.756. The minimum Gasteiger partial charge on any atom is -0.496 e. The van der Waals surface area contributed by atoms with Crippen molar-refractivity contribution < 1.29 is 19.7 Å². The Morgan fingerprint density at radius 2 is 2.29 bits per heavy atom. The second kappa shape index (κ2) is 6.32. The van der Waals surface area contributed by atoms with Crippen LogP contribution >= 0.6 is 11.6 Å². The fourth-order valence-corrected chi connectivity index (χ4v) is 1.38. The number of nitrogens with one attached hydrogen (secondary N) is 1. The maximum atomic E-state index is 10.8. The van der Waals surface area contributed by atoms with Crippen molar-refractivity contribution in [2.45, 2.75) is 6.10 Å². The summed E-state index contributed by atoms with van der Waals surface area (Å²) in [5.74, 6) is -0.644. The van der Waals surface area contributed by atoms with Crippen LogP contribution in [0.1, 0.15) is 10.4 Å². The molecule has 1 unspecified atom stereocenters. The van der Waals surface area contributed by atoms with Crippen LogP contribution in [0.15, 0.2) is 18.2 Å². The molecule has 1 atom stereocenters. The summed E-state index contributed by atoms with van der Waals surface area (Å²) in [6.45, 7) is 0.291. The Morgan fingerprint density at radius 1 is 1.59 bits per heavy atom. The molecule has 5 nitrogen and oxygen atoms in total. The van der Waals surface area contributed by atoms with E-state index in [0.29, 0.717) is 12.2 Å². The number of ether oxygens (including phenoxy) is 1. The van der Waals surface area contributed by atoms with Gasteiger partial charge in [0.25, 0.3) is 0 Å². The zero-order chi connectivity index (χ0) is 12.8. The topological polar surface area (TPSA) is 78.8 Å². The van der Waals surface area contributed by atoms with Crippen molar-refractivity contribution in [2.75, 3.05) is 24.9 Å². The minimum absolute atomic E-state index is 0.0935. The van der Waals surface area contributed by atoms with Crippen LogP contribution in [-0.2, 0) is 0 Å². The molecule has 0 spiro atoms. The maximum Gasteiger partial charge on any atom is 0.339 e. The molecule has 3 N–H and O–H groups in total. The summed E-state index contributed by atoms with van der Waals surface area (Å²) in [7, 11) is 1.40. The number of alkyl halides is 1. The fourth-order valence-electron chi connectivity index (χ4n) is 1.27. The van der Waals surface area contributed by atoms with Crippen molar-refractivity contribution in [3.8, 4) is 5.75 Å². The van der Waals surface area contributed by atoms with E-state index in [1.54, 1.807) is 12.1 Å². The number of aliphatic hydroxyl groups is 1. The number of halogens is 1. The molecule has 1 aromatic carbocycles. The Balaban J connectivity index is 2.79. The van der Waals surface area contributed by atoms with Crippen molar-refractivity contribution in [3.05, 3.63) is 23.8 Å². The number of rotatable bonds is 6. The summed E-state index contributed by atoms with van der Waals surface area (Å²) >= 11 is 5.45. The molecule has 1 aromatic rings. The first kappa shape index (κ1) is 13.6. The number of aromatic carboxylic acids is 1. The van der Waals surface area contributed by atoms with E-state index >= 15 is 0 Å². The highest BCUT2D eigenvalue weighted by Gasteiger charge is 2.11. The molecule has 17 heavy (non-hydrogen) atoms. The number of hydrogen-bond acceptors (Lipinski definition) is 4. The monoisotopic (exact) mass is 259 g/mol. The highest BCUT2D eigenvalue weighted by atomic mass is 35.5. The van der Waals surface area contributed by atoms with Crippen molar-refractivity contribution in [1.82, 2.24) is 0 Å². The number of carboxylic acids is 1. The Kier molecular flexibility index (Phi) is 5.06. The molecule has 0 heterocycles. The van der Waals surface area contributed by atoms with Crippen molar-refractivity contribution in [2.24, 2.45) is 0 Å². The number of anilines is 1. The lowest BCUT2D eigenvalue weighted by atomic mass is 10.2. The van der Waals surface area contributed by atoms with E-state index in [1.165, 1.54) is 13.2 Å². The van der Waals surface area contributed by atoms with Crippen molar-refractivity contribution in [1.29, 1.82) is 0 Å². The first-order valence-corrected chi connectivity index (χ1v) is 5.51. The average molecular weight is 260 g/mol. The molecule has 0 bridgehead atoms. The molecule has 6 heteroatoms. The molecule has 0 aliphatic carbocycles. The number of methoxy groups -OCH3 is 1. The van der Waals surface area contributed by atoms with Gasteiger partial charge in [0.2, 0.25) is 0 Å². The summed E-state index contributed by atoms with van der Waals surface area (Å²) in [5, 5.41) is 21.1. The van der Waals surface area contributed by atoms with Gasteiger partial charge < -0.3 is 20.3 Å². The van der Waals surface area contributed by atoms with Crippen LogP contribution in [0.4, 0.5) is 5.69 Å². The summed E-state index contributed by atoms with van der Waals surface area (Å²) in [6, 6.07) is 4.61. The van der Waals surface area contributed by atoms with E-state index in [1.807, 2.05) is 0 Å². The number of carboxylic acid groups (broad SMARTS) is 1. The van der Waals surface area contributed by atoms with Gasteiger partial charge >= 0.3 is 5.97 Å². The predicted octanol–water partition coefficient (Wildman–Crippen LogP) is 1.41. The van der Waals surface area contributed by atoms with Crippen LogP contribution in [0.5, 0.6) is 5.75 Å². The van der Waals surface area contributed by atoms with Gasteiger partial charge in [0, 0.05) is 18.3 Å². The average Bonchev–Trinajstić information content (AvgIpc) is 2.35. The first-order valence-electron chi connectivity index (χ1n) is 4.97. The van der Waals surface area contributed by atoms with E-state index in [0.717, 1.165) is 0 Å². The summed E-state index contributed by atoms with van der Waals surface area (Å²) < 4.78 is 4.97. The number of hydrogen-bond donors (Lipinski definition) is 3. The van der Waals surface area contributed by atoms with Crippen LogP contribution in [-0.4, -0.2) is 41.8 Å². The predicted molar refractivity (Wildman–Crippen MR) is 65.2 cm³/mol. The second-order valence-electron chi connectivity index (χ2n) is 3.41. The van der Waals surface area contributed by atoms with Gasteiger partial charge in [-0.2, -0.15) is 0 Å². The number of benzene rings is 1. The quantitative estimate of drug-likeness (QED) is 0.673. The lowest BCUT2D eigenvalue weighted by molar-refractivity contribution is 0.0693. The van der Waals surface area contributed by atoms with E-state index in [4.69, 9.17) is 21.4 Å². The number of aliphatic hydroxyl groups excluding tert-OH is 1. The highest BCUT2D eigenvalue weighted by Crippen LogP contribution is 2.23. The summed E-state index contributed by atoms with van der Waals surface area (Å²) in [4.78, 5) is 10.8. The molecule has 0 radical (unpaired) electrons. The SMILES string of the molecule is COc1cc(NCC(O)CCl)ccc1C(=O)O. The Labute approximate surface area is 104 Å². The second-order valence-corrected chi connectivity index (χ2v) is 3.72. The molecule has 1 rings (SSSR count). The zero-order valence-electron chi connectivity index (χ0n) is 9.31. The molecule has 94 valence electrons. The van der Waals surface area contributed by atoms with Gasteiger partial charge in [0.05, 0.1) is 19.1 Å². The van der Waals surface area contributed by atoms with Gasteiger partial charge in [0.1, 0.15) is 11.3 Å². The Hall–Kier alpha value is -1.46. The van der Waals surface area contributed by atoms with Gasteiger partial charge in [0.15, 0.2) is 0 Å². The third kappa shape index (κ3) is 3.80. The van der Waals surface area contributed by atoms with Crippen LogP contribution < -0.4 is 10.1 Å². The van der Waals surface area contributed by atoms with Gasteiger partial charge in [-0.25, -0.2) is 4.79 Å². The van der Waals surface area contributed by atoms with Crippen molar-refractivity contribution in [3.63, 3.8) is 0 Å². The molecule has 0 aliphatic rings. The van der Waals surface area contributed by atoms with Gasteiger partial charge in [-0.3, -0.25) is 0 Å². The minimum atomic E-state index is -1.05. The summed E-state index contributed by atoms with van der Waals surface area (Å²) in [6.07, 6.45) is -0.651. The maximum absolute atomic E-state index is 10.8. The van der Waals surface area contributed by atoms with Crippen LogP contribution in [0.25, 0.3) is 0 Å². The van der Waals surface area contributed by atoms with Crippen LogP contribution in [0.3, 0.4) is 0 Å². The largest absolute Gasteiger partial charge is 0.496 e.